The SMILES string of the molecule is CC(=O)c1cc(C)c(N=CN(C)C)cc1C. The van der Waals surface area contributed by atoms with Crippen molar-refractivity contribution in [3.63, 3.8) is 0 Å². The Balaban J connectivity index is 3.15. The summed E-state index contributed by atoms with van der Waals surface area (Å²) in [6, 6.07) is 3.85. The molecule has 0 saturated heterocycles. The molecule has 3 heteroatoms. The molecule has 0 aliphatic rings. The van der Waals surface area contributed by atoms with Crippen LogP contribution in [-0.2, 0) is 0 Å². The zero-order chi connectivity index (χ0) is 12.3. The minimum Gasteiger partial charge on any atom is -0.369 e. The van der Waals surface area contributed by atoms with Gasteiger partial charge in [-0.05, 0) is 44.0 Å². The number of benzene rings is 1. The largest absolute Gasteiger partial charge is 0.369 e. The molecule has 0 amide bonds. The first-order chi connectivity index (χ1) is 7.41. The predicted octanol–water partition coefficient (Wildman–Crippen LogP) is 2.73. The van der Waals surface area contributed by atoms with Crippen molar-refractivity contribution in [1.82, 2.24) is 4.90 Å². The second-order valence-electron chi connectivity index (χ2n) is 4.22. The van der Waals surface area contributed by atoms with Gasteiger partial charge in [-0.15, -0.1) is 0 Å². The highest BCUT2D eigenvalue weighted by Gasteiger charge is 2.07. The summed E-state index contributed by atoms with van der Waals surface area (Å²) in [4.78, 5) is 17.6. The van der Waals surface area contributed by atoms with Crippen LogP contribution in [0, 0.1) is 13.8 Å². The molecule has 3 nitrogen and oxygen atoms in total. The van der Waals surface area contributed by atoms with Crippen LogP contribution in [-0.4, -0.2) is 31.1 Å². The van der Waals surface area contributed by atoms with Gasteiger partial charge in [0.05, 0.1) is 12.0 Å². The van der Waals surface area contributed by atoms with Gasteiger partial charge in [0.2, 0.25) is 0 Å². The Kier molecular flexibility index (Phi) is 3.82. The van der Waals surface area contributed by atoms with E-state index in [1.54, 1.807) is 13.3 Å². The molecular weight excluding hydrogens is 200 g/mol. The summed E-state index contributed by atoms with van der Waals surface area (Å²) in [5.74, 6) is 0.101. The molecule has 0 unspecified atom stereocenters. The molecule has 0 bridgehead atoms. The fraction of sp³-hybridized carbons (Fsp3) is 0.385. The van der Waals surface area contributed by atoms with Gasteiger partial charge >= 0.3 is 0 Å². The van der Waals surface area contributed by atoms with Gasteiger partial charge in [0.15, 0.2) is 5.78 Å². The van der Waals surface area contributed by atoms with Crippen molar-refractivity contribution < 1.29 is 4.79 Å². The molecule has 0 aliphatic heterocycles. The van der Waals surface area contributed by atoms with Crippen molar-refractivity contribution in [2.24, 2.45) is 4.99 Å². The van der Waals surface area contributed by atoms with Crippen LogP contribution < -0.4 is 0 Å². The number of ketones is 1. The fourth-order valence-electron chi connectivity index (χ4n) is 1.50. The zero-order valence-corrected chi connectivity index (χ0v) is 10.5. The molecule has 86 valence electrons. The highest BCUT2D eigenvalue weighted by atomic mass is 16.1. The van der Waals surface area contributed by atoms with Gasteiger partial charge < -0.3 is 4.90 Å². The number of carbonyl (C=O) groups is 1. The highest BCUT2D eigenvalue weighted by Crippen LogP contribution is 2.23. The van der Waals surface area contributed by atoms with Crippen LogP contribution in [0.1, 0.15) is 28.4 Å². The average Bonchev–Trinajstić information content (AvgIpc) is 2.18. The molecule has 1 aromatic rings. The van der Waals surface area contributed by atoms with Crippen LogP contribution >= 0.6 is 0 Å². The average molecular weight is 218 g/mol. The third-order valence-corrected chi connectivity index (χ3v) is 2.35. The topological polar surface area (TPSA) is 32.7 Å². The first kappa shape index (κ1) is 12.4. The van der Waals surface area contributed by atoms with E-state index in [0.29, 0.717) is 0 Å². The van der Waals surface area contributed by atoms with Gasteiger partial charge in [0.25, 0.3) is 0 Å². The molecule has 1 aromatic carbocycles. The summed E-state index contributed by atoms with van der Waals surface area (Å²) < 4.78 is 0. The van der Waals surface area contributed by atoms with Crippen molar-refractivity contribution in [2.45, 2.75) is 20.8 Å². The van der Waals surface area contributed by atoms with Crippen LogP contribution in [0.15, 0.2) is 17.1 Å². The van der Waals surface area contributed by atoms with Crippen molar-refractivity contribution in [1.29, 1.82) is 0 Å². The summed E-state index contributed by atoms with van der Waals surface area (Å²) in [6.07, 6.45) is 1.76. The van der Waals surface area contributed by atoms with Gasteiger partial charge in [-0.3, -0.25) is 4.79 Å². The van der Waals surface area contributed by atoms with E-state index in [4.69, 9.17) is 0 Å². The third kappa shape index (κ3) is 2.92. The molecule has 0 radical (unpaired) electrons. The number of carbonyl (C=O) groups excluding carboxylic acids is 1. The third-order valence-electron chi connectivity index (χ3n) is 2.35. The monoisotopic (exact) mass is 218 g/mol. The van der Waals surface area contributed by atoms with E-state index in [1.165, 1.54) is 0 Å². The molecule has 0 aliphatic carbocycles. The Labute approximate surface area is 96.8 Å². The van der Waals surface area contributed by atoms with E-state index >= 15 is 0 Å². The normalized spacial score (nSPS) is 10.8. The first-order valence-electron chi connectivity index (χ1n) is 5.24. The van der Waals surface area contributed by atoms with E-state index in [1.807, 2.05) is 45.0 Å². The Morgan fingerprint density at radius 2 is 1.88 bits per heavy atom. The summed E-state index contributed by atoms with van der Waals surface area (Å²) in [5, 5.41) is 0. The number of aliphatic imine (C=N–C) groups is 1. The highest BCUT2D eigenvalue weighted by molar-refractivity contribution is 5.96. The summed E-state index contributed by atoms with van der Waals surface area (Å²) in [7, 11) is 3.85. The maximum absolute atomic E-state index is 11.3. The Morgan fingerprint density at radius 3 is 2.38 bits per heavy atom. The zero-order valence-electron chi connectivity index (χ0n) is 10.5. The molecule has 16 heavy (non-hydrogen) atoms. The lowest BCUT2D eigenvalue weighted by Crippen LogP contribution is -2.07. The minimum absolute atomic E-state index is 0.101. The van der Waals surface area contributed by atoms with Crippen molar-refractivity contribution in [3.8, 4) is 0 Å². The van der Waals surface area contributed by atoms with Crippen LogP contribution in [0.5, 0.6) is 0 Å². The lowest BCUT2D eigenvalue weighted by atomic mass is 10.0. The Morgan fingerprint density at radius 1 is 1.25 bits per heavy atom. The molecule has 0 fully saturated rings. The molecule has 0 atom stereocenters. The molecule has 0 spiro atoms. The Bertz CT molecular complexity index is 434. The molecule has 0 saturated carbocycles. The minimum atomic E-state index is 0.101. The van der Waals surface area contributed by atoms with Crippen molar-refractivity contribution >= 4 is 17.8 Å². The van der Waals surface area contributed by atoms with Crippen LogP contribution in [0.25, 0.3) is 0 Å². The molecule has 0 N–H and O–H groups in total. The number of aryl methyl sites for hydroxylation is 2. The molecular formula is C13H18N2O. The lowest BCUT2D eigenvalue weighted by Gasteiger charge is -2.08. The quantitative estimate of drug-likeness (QED) is 0.444. The van der Waals surface area contributed by atoms with Gasteiger partial charge in [-0.1, -0.05) is 0 Å². The Hall–Kier alpha value is -1.64. The fourth-order valence-corrected chi connectivity index (χ4v) is 1.50. The summed E-state index contributed by atoms with van der Waals surface area (Å²) >= 11 is 0. The van der Waals surface area contributed by atoms with Crippen LogP contribution in [0.3, 0.4) is 0 Å². The molecule has 1 rings (SSSR count). The maximum atomic E-state index is 11.3. The second kappa shape index (κ2) is 4.92. The van der Waals surface area contributed by atoms with Gasteiger partial charge in [0.1, 0.15) is 0 Å². The van der Waals surface area contributed by atoms with Gasteiger partial charge in [-0.25, -0.2) is 4.99 Å². The number of hydrogen-bond donors (Lipinski definition) is 0. The number of Topliss-reactive ketones (excluding diaryl/α,β-unsaturated/α-hetero) is 1. The lowest BCUT2D eigenvalue weighted by molar-refractivity contribution is 0.101. The van der Waals surface area contributed by atoms with E-state index in [-0.39, 0.29) is 5.78 Å². The summed E-state index contributed by atoms with van der Waals surface area (Å²) in [6.45, 7) is 5.49. The van der Waals surface area contributed by atoms with E-state index in [2.05, 4.69) is 4.99 Å². The first-order valence-corrected chi connectivity index (χ1v) is 5.24. The molecule has 0 heterocycles. The summed E-state index contributed by atoms with van der Waals surface area (Å²) in [5.41, 5.74) is 3.69. The second-order valence-corrected chi connectivity index (χ2v) is 4.22. The van der Waals surface area contributed by atoms with Crippen LogP contribution in [0.2, 0.25) is 0 Å². The number of nitrogens with zero attached hydrogens (tertiary/aromatic N) is 2. The standard InChI is InChI=1S/C13H18N2O/c1-9-7-13(14-8-15(4)5)10(2)6-12(9)11(3)16/h6-8H,1-5H3. The smallest absolute Gasteiger partial charge is 0.160 e. The predicted molar refractivity (Wildman–Crippen MR) is 67.8 cm³/mol. The van der Waals surface area contributed by atoms with E-state index in [0.717, 1.165) is 22.4 Å². The number of rotatable bonds is 3. The van der Waals surface area contributed by atoms with Gasteiger partial charge in [-0.2, -0.15) is 0 Å². The van der Waals surface area contributed by atoms with Crippen molar-refractivity contribution in [2.75, 3.05) is 14.1 Å². The number of hydrogen-bond acceptors (Lipinski definition) is 2. The maximum Gasteiger partial charge on any atom is 0.160 e. The van der Waals surface area contributed by atoms with E-state index in [9.17, 15) is 4.79 Å². The molecule has 0 aromatic heterocycles. The van der Waals surface area contributed by atoms with Gasteiger partial charge in [0, 0.05) is 19.7 Å². The van der Waals surface area contributed by atoms with Crippen molar-refractivity contribution in [3.05, 3.63) is 28.8 Å². The van der Waals surface area contributed by atoms with Crippen LogP contribution in [0.4, 0.5) is 5.69 Å². The van der Waals surface area contributed by atoms with E-state index < -0.39 is 0 Å².